The number of hydrogen-bond donors (Lipinski definition) is 2. The van der Waals surface area contributed by atoms with Crippen molar-refractivity contribution in [1.29, 1.82) is 0 Å². The quantitative estimate of drug-likeness (QED) is 0.666. The fourth-order valence-corrected chi connectivity index (χ4v) is 2.49. The average molecular weight is 323 g/mol. The first-order valence-electron chi connectivity index (χ1n) is 6.07. The number of rotatable bonds is 4. The SMILES string of the molecule is Cc1cccc(C(Cc2cc(Br)ccc2F)NN)c1. The second-order valence-corrected chi connectivity index (χ2v) is 5.49. The number of hydrazine groups is 1. The summed E-state index contributed by atoms with van der Waals surface area (Å²) in [5, 5.41) is 0. The van der Waals surface area contributed by atoms with Gasteiger partial charge in [-0.05, 0) is 42.7 Å². The van der Waals surface area contributed by atoms with Gasteiger partial charge in [0, 0.05) is 4.47 Å². The van der Waals surface area contributed by atoms with E-state index in [0.717, 1.165) is 15.6 Å². The van der Waals surface area contributed by atoms with E-state index < -0.39 is 0 Å². The monoisotopic (exact) mass is 322 g/mol. The van der Waals surface area contributed by atoms with Gasteiger partial charge in [0.05, 0.1) is 6.04 Å². The Balaban J connectivity index is 2.26. The molecule has 1 atom stereocenters. The molecule has 2 aromatic rings. The van der Waals surface area contributed by atoms with Crippen molar-refractivity contribution in [2.75, 3.05) is 0 Å². The zero-order valence-corrected chi connectivity index (χ0v) is 12.2. The summed E-state index contributed by atoms with van der Waals surface area (Å²) in [5.41, 5.74) is 5.61. The van der Waals surface area contributed by atoms with Crippen LogP contribution < -0.4 is 11.3 Å². The summed E-state index contributed by atoms with van der Waals surface area (Å²) in [7, 11) is 0. The van der Waals surface area contributed by atoms with E-state index in [4.69, 9.17) is 5.84 Å². The first-order valence-corrected chi connectivity index (χ1v) is 6.86. The van der Waals surface area contributed by atoms with Crippen LogP contribution in [-0.4, -0.2) is 0 Å². The predicted octanol–water partition coefficient (Wildman–Crippen LogP) is 3.64. The number of aryl methyl sites for hydroxylation is 1. The van der Waals surface area contributed by atoms with Gasteiger partial charge in [-0.25, -0.2) is 4.39 Å². The molecule has 0 aliphatic heterocycles. The summed E-state index contributed by atoms with van der Waals surface area (Å²) in [6, 6.07) is 12.9. The molecule has 1 unspecified atom stereocenters. The molecule has 0 radical (unpaired) electrons. The summed E-state index contributed by atoms with van der Waals surface area (Å²) < 4.78 is 14.6. The van der Waals surface area contributed by atoms with Crippen LogP contribution in [-0.2, 0) is 6.42 Å². The molecule has 2 nitrogen and oxygen atoms in total. The van der Waals surface area contributed by atoms with Gasteiger partial charge >= 0.3 is 0 Å². The van der Waals surface area contributed by atoms with Crippen LogP contribution in [0.4, 0.5) is 4.39 Å². The molecule has 0 fully saturated rings. The third kappa shape index (κ3) is 3.62. The third-order valence-corrected chi connectivity index (χ3v) is 3.57. The van der Waals surface area contributed by atoms with Gasteiger partial charge in [0.2, 0.25) is 0 Å². The van der Waals surface area contributed by atoms with Crippen LogP contribution in [0.1, 0.15) is 22.7 Å². The molecule has 100 valence electrons. The van der Waals surface area contributed by atoms with Crippen LogP contribution in [0.15, 0.2) is 46.9 Å². The molecule has 0 saturated carbocycles. The molecule has 0 saturated heterocycles. The van der Waals surface area contributed by atoms with Gasteiger partial charge in [0.1, 0.15) is 5.82 Å². The van der Waals surface area contributed by atoms with Gasteiger partial charge in [-0.15, -0.1) is 0 Å². The summed E-state index contributed by atoms with van der Waals surface area (Å²) in [5.74, 6) is 5.39. The first-order chi connectivity index (χ1) is 9.10. The summed E-state index contributed by atoms with van der Waals surface area (Å²) in [6.07, 6.45) is 0.505. The normalized spacial score (nSPS) is 12.4. The van der Waals surface area contributed by atoms with Crippen LogP contribution in [0.2, 0.25) is 0 Å². The molecule has 3 N–H and O–H groups in total. The van der Waals surface area contributed by atoms with Crippen molar-refractivity contribution in [1.82, 2.24) is 5.43 Å². The van der Waals surface area contributed by atoms with E-state index in [1.165, 1.54) is 6.07 Å². The van der Waals surface area contributed by atoms with E-state index in [-0.39, 0.29) is 11.9 Å². The molecule has 0 aliphatic rings. The maximum Gasteiger partial charge on any atom is 0.126 e. The average Bonchev–Trinajstić information content (AvgIpc) is 2.39. The Morgan fingerprint density at radius 3 is 2.74 bits per heavy atom. The van der Waals surface area contributed by atoms with Crippen molar-refractivity contribution in [2.24, 2.45) is 5.84 Å². The number of nitrogens with one attached hydrogen (secondary N) is 1. The van der Waals surface area contributed by atoms with E-state index in [2.05, 4.69) is 27.4 Å². The highest BCUT2D eigenvalue weighted by molar-refractivity contribution is 9.10. The van der Waals surface area contributed by atoms with Crippen LogP contribution in [0.5, 0.6) is 0 Å². The van der Waals surface area contributed by atoms with Crippen molar-refractivity contribution in [3.05, 3.63) is 69.4 Å². The first kappa shape index (κ1) is 14.2. The highest BCUT2D eigenvalue weighted by Gasteiger charge is 2.13. The summed E-state index contributed by atoms with van der Waals surface area (Å²) in [6.45, 7) is 2.02. The lowest BCUT2D eigenvalue weighted by atomic mass is 9.98. The van der Waals surface area contributed by atoms with Gasteiger partial charge in [-0.2, -0.15) is 0 Å². The zero-order chi connectivity index (χ0) is 13.8. The van der Waals surface area contributed by atoms with Crippen molar-refractivity contribution < 1.29 is 4.39 Å². The molecule has 0 aliphatic carbocycles. The topological polar surface area (TPSA) is 38.0 Å². The maximum absolute atomic E-state index is 13.8. The summed E-state index contributed by atoms with van der Waals surface area (Å²) in [4.78, 5) is 0. The summed E-state index contributed by atoms with van der Waals surface area (Å²) >= 11 is 3.36. The maximum atomic E-state index is 13.8. The molecule has 2 aromatic carbocycles. The van der Waals surface area contributed by atoms with Crippen molar-refractivity contribution in [3.8, 4) is 0 Å². The van der Waals surface area contributed by atoms with Gasteiger partial charge < -0.3 is 0 Å². The number of halogens is 2. The Hall–Kier alpha value is -1.23. The Morgan fingerprint density at radius 2 is 2.05 bits per heavy atom. The van der Waals surface area contributed by atoms with Gasteiger partial charge in [0.15, 0.2) is 0 Å². The largest absolute Gasteiger partial charge is 0.271 e. The lowest BCUT2D eigenvalue weighted by molar-refractivity contribution is 0.528. The van der Waals surface area contributed by atoms with E-state index in [1.54, 1.807) is 12.1 Å². The molecular formula is C15H16BrFN2. The lowest BCUT2D eigenvalue weighted by Crippen LogP contribution is -2.29. The van der Waals surface area contributed by atoms with E-state index >= 15 is 0 Å². The van der Waals surface area contributed by atoms with Crippen LogP contribution in [0.25, 0.3) is 0 Å². The highest BCUT2D eigenvalue weighted by Crippen LogP contribution is 2.23. The zero-order valence-electron chi connectivity index (χ0n) is 10.7. The Labute approximate surface area is 120 Å². The molecule has 0 bridgehead atoms. The van der Waals surface area contributed by atoms with Crippen LogP contribution in [0, 0.1) is 12.7 Å². The van der Waals surface area contributed by atoms with E-state index in [9.17, 15) is 4.39 Å². The minimum absolute atomic E-state index is 0.108. The van der Waals surface area contributed by atoms with Crippen LogP contribution in [0.3, 0.4) is 0 Å². The second-order valence-electron chi connectivity index (χ2n) is 4.57. The van der Waals surface area contributed by atoms with Crippen molar-refractivity contribution in [2.45, 2.75) is 19.4 Å². The Bertz CT molecular complexity index is 572. The Morgan fingerprint density at radius 1 is 1.26 bits per heavy atom. The van der Waals surface area contributed by atoms with Gasteiger partial charge in [0.25, 0.3) is 0 Å². The van der Waals surface area contributed by atoms with E-state index in [1.807, 2.05) is 25.1 Å². The fraction of sp³-hybridized carbons (Fsp3) is 0.200. The number of nitrogens with two attached hydrogens (primary N) is 1. The van der Waals surface area contributed by atoms with Crippen LogP contribution >= 0.6 is 15.9 Å². The van der Waals surface area contributed by atoms with E-state index in [0.29, 0.717) is 12.0 Å². The van der Waals surface area contributed by atoms with Gasteiger partial charge in [-0.3, -0.25) is 11.3 Å². The lowest BCUT2D eigenvalue weighted by Gasteiger charge is -2.17. The molecule has 0 heterocycles. The Kier molecular flexibility index (Phi) is 4.69. The molecule has 0 spiro atoms. The fourth-order valence-electron chi connectivity index (χ4n) is 2.08. The number of benzene rings is 2. The second kappa shape index (κ2) is 6.28. The molecule has 2 rings (SSSR count). The molecule has 19 heavy (non-hydrogen) atoms. The molecule has 4 heteroatoms. The third-order valence-electron chi connectivity index (χ3n) is 3.08. The standard InChI is InChI=1S/C15H16BrFN2/c1-10-3-2-4-11(7-10)15(19-18)9-12-8-13(16)5-6-14(12)17/h2-8,15,19H,9,18H2,1H3. The minimum atomic E-state index is -0.212. The molecular weight excluding hydrogens is 307 g/mol. The minimum Gasteiger partial charge on any atom is -0.271 e. The predicted molar refractivity (Wildman–Crippen MR) is 79.0 cm³/mol. The van der Waals surface area contributed by atoms with Gasteiger partial charge in [-0.1, -0.05) is 45.8 Å². The molecule has 0 amide bonds. The number of hydrogen-bond acceptors (Lipinski definition) is 2. The van der Waals surface area contributed by atoms with Crippen molar-refractivity contribution in [3.63, 3.8) is 0 Å². The smallest absolute Gasteiger partial charge is 0.126 e. The van der Waals surface area contributed by atoms with Crippen molar-refractivity contribution >= 4 is 15.9 Å². The highest BCUT2D eigenvalue weighted by atomic mass is 79.9. The molecule has 0 aromatic heterocycles.